The van der Waals surface area contributed by atoms with Gasteiger partial charge in [0.05, 0.1) is 6.42 Å². The van der Waals surface area contributed by atoms with E-state index in [2.05, 4.69) is 6.58 Å². The first kappa shape index (κ1) is 10.6. The third-order valence-corrected chi connectivity index (χ3v) is 1.05. The van der Waals surface area contributed by atoms with Gasteiger partial charge in [0.15, 0.2) is 0 Å². The molecular weight excluding hydrogens is 158 g/mol. The molecule has 0 aliphatic heterocycles. The van der Waals surface area contributed by atoms with Gasteiger partial charge in [0.1, 0.15) is 5.78 Å². The molecule has 0 fully saturated rings. The van der Waals surface area contributed by atoms with E-state index < -0.39 is 11.8 Å². The third kappa shape index (κ3) is 4.38. The summed E-state index contributed by atoms with van der Waals surface area (Å²) in [7, 11) is 0. The van der Waals surface area contributed by atoms with E-state index in [-0.39, 0.29) is 17.8 Å². The number of rotatable bonds is 3. The molecule has 0 aliphatic rings. The van der Waals surface area contributed by atoms with Crippen LogP contribution in [-0.2, 0) is 14.4 Å². The molecule has 4 heteroatoms. The average molecular weight is 169 g/mol. The van der Waals surface area contributed by atoms with Crippen molar-refractivity contribution in [3.05, 3.63) is 12.2 Å². The molecule has 0 rings (SSSR count). The van der Waals surface area contributed by atoms with E-state index in [0.29, 0.717) is 0 Å². The van der Waals surface area contributed by atoms with E-state index in [1.54, 1.807) is 0 Å². The summed E-state index contributed by atoms with van der Waals surface area (Å²) in [6.07, 6.45) is -0.265. The summed E-state index contributed by atoms with van der Waals surface area (Å²) in [5.74, 6) is -1.40. The second-order valence-corrected chi connectivity index (χ2v) is 2.54. The largest absolute Gasteiger partial charge is 0.299 e. The standard InChI is InChI=1S/C8H11NO3/c1-5(2)8(12)9-7(11)4-6(3)10/h1,4H2,2-3H3,(H,9,11,12). The van der Waals surface area contributed by atoms with Crippen LogP contribution in [-0.4, -0.2) is 17.6 Å². The topological polar surface area (TPSA) is 63.2 Å². The molecule has 0 atom stereocenters. The van der Waals surface area contributed by atoms with Crippen LogP contribution in [0.15, 0.2) is 12.2 Å². The van der Waals surface area contributed by atoms with E-state index in [1.807, 2.05) is 5.32 Å². The van der Waals surface area contributed by atoms with Crippen LogP contribution >= 0.6 is 0 Å². The van der Waals surface area contributed by atoms with E-state index in [9.17, 15) is 14.4 Å². The molecule has 0 heterocycles. The van der Waals surface area contributed by atoms with Gasteiger partial charge in [-0.25, -0.2) is 0 Å². The van der Waals surface area contributed by atoms with Crippen molar-refractivity contribution in [1.29, 1.82) is 0 Å². The number of hydrogen-bond donors (Lipinski definition) is 1. The lowest BCUT2D eigenvalue weighted by atomic mass is 10.3. The monoisotopic (exact) mass is 169 g/mol. The van der Waals surface area contributed by atoms with E-state index >= 15 is 0 Å². The predicted molar refractivity (Wildman–Crippen MR) is 43.3 cm³/mol. The molecule has 12 heavy (non-hydrogen) atoms. The third-order valence-electron chi connectivity index (χ3n) is 1.05. The molecule has 0 unspecified atom stereocenters. The number of imide groups is 1. The van der Waals surface area contributed by atoms with Gasteiger partial charge in [0.2, 0.25) is 5.91 Å². The number of hydrogen-bond acceptors (Lipinski definition) is 3. The van der Waals surface area contributed by atoms with Crippen LogP contribution in [0.1, 0.15) is 20.3 Å². The molecule has 0 bridgehead atoms. The van der Waals surface area contributed by atoms with Crippen LogP contribution in [0.3, 0.4) is 0 Å². The van der Waals surface area contributed by atoms with E-state index in [0.717, 1.165) is 0 Å². The van der Waals surface area contributed by atoms with E-state index in [1.165, 1.54) is 13.8 Å². The highest BCUT2D eigenvalue weighted by molar-refractivity contribution is 6.08. The van der Waals surface area contributed by atoms with Crippen LogP contribution in [0.5, 0.6) is 0 Å². The summed E-state index contributed by atoms with van der Waals surface area (Å²) in [5, 5.41) is 2.01. The van der Waals surface area contributed by atoms with Gasteiger partial charge in [-0.15, -0.1) is 0 Å². The Labute approximate surface area is 70.6 Å². The Bertz CT molecular complexity index is 243. The minimum atomic E-state index is -0.587. The zero-order chi connectivity index (χ0) is 9.72. The minimum Gasteiger partial charge on any atom is -0.299 e. The number of nitrogens with one attached hydrogen (secondary N) is 1. The summed E-state index contributed by atoms with van der Waals surface area (Å²) in [6.45, 7) is 6.10. The van der Waals surface area contributed by atoms with Crippen molar-refractivity contribution in [3.63, 3.8) is 0 Å². The van der Waals surface area contributed by atoms with Gasteiger partial charge in [0.25, 0.3) is 5.91 Å². The van der Waals surface area contributed by atoms with Crippen LogP contribution in [0.4, 0.5) is 0 Å². The highest BCUT2D eigenvalue weighted by Crippen LogP contribution is 1.87. The first-order chi connectivity index (χ1) is 5.43. The van der Waals surface area contributed by atoms with Gasteiger partial charge in [-0.2, -0.15) is 0 Å². The van der Waals surface area contributed by atoms with Crippen molar-refractivity contribution in [3.8, 4) is 0 Å². The minimum absolute atomic E-state index is 0.243. The van der Waals surface area contributed by atoms with Gasteiger partial charge in [-0.05, 0) is 13.8 Å². The molecule has 0 spiro atoms. The zero-order valence-electron chi connectivity index (χ0n) is 7.14. The summed E-state index contributed by atoms with van der Waals surface area (Å²) >= 11 is 0. The highest BCUT2D eigenvalue weighted by Gasteiger charge is 2.09. The van der Waals surface area contributed by atoms with Gasteiger partial charge in [-0.3, -0.25) is 19.7 Å². The number of carbonyl (C=O) groups is 3. The van der Waals surface area contributed by atoms with Crippen LogP contribution in [0.25, 0.3) is 0 Å². The molecule has 4 nitrogen and oxygen atoms in total. The fraction of sp³-hybridized carbons (Fsp3) is 0.375. The number of carbonyl (C=O) groups excluding carboxylic acids is 3. The molecular formula is C8H11NO3. The molecule has 1 N–H and O–H groups in total. The first-order valence-corrected chi connectivity index (χ1v) is 3.42. The first-order valence-electron chi connectivity index (χ1n) is 3.42. The zero-order valence-corrected chi connectivity index (χ0v) is 7.14. The molecule has 66 valence electrons. The van der Waals surface area contributed by atoms with Gasteiger partial charge < -0.3 is 0 Å². The Hall–Kier alpha value is -1.45. The maximum absolute atomic E-state index is 10.8. The second kappa shape index (κ2) is 4.43. The van der Waals surface area contributed by atoms with Crippen LogP contribution < -0.4 is 5.32 Å². The summed E-state index contributed by atoms with van der Waals surface area (Å²) < 4.78 is 0. The summed E-state index contributed by atoms with van der Waals surface area (Å²) in [5.41, 5.74) is 0.243. The van der Waals surface area contributed by atoms with Crippen molar-refractivity contribution in [2.45, 2.75) is 20.3 Å². The lowest BCUT2D eigenvalue weighted by Crippen LogP contribution is -2.31. The van der Waals surface area contributed by atoms with Crippen molar-refractivity contribution >= 4 is 17.6 Å². The Morgan fingerprint density at radius 2 is 1.75 bits per heavy atom. The lowest BCUT2D eigenvalue weighted by molar-refractivity contribution is -0.130. The molecule has 0 aromatic carbocycles. The Morgan fingerprint density at radius 3 is 2.08 bits per heavy atom. The molecule has 0 aliphatic carbocycles. The normalized spacial score (nSPS) is 8.83. The maximum Gasteiger partial charge on any atom is 0.252 e. The van der Waals surface area contributed by atoms with Crippen molar-refractivity contribution < 1.29 is 14.4 Å². The quantitative estimate of drug-likeness (QED) is 0.484. The average Bonchev–Trinajstić information content (AvgIpc) is 1.84. The van der Waals surface area contributed by atoms with Crippen molar-refractivity contribution in [2.24, 2.45) is 0 Å². The molecule has 0 saturated carbocycles. The molecule has 0 saturated heterocycles. The van der Waals surface area contributed by atoms with Crippen LogP contribution in [0.2, 0.25) is 0 Å². The van der Waals surface area contributed by atoms with E-state index in [4.69, 9.17) is 0 Å². The smallest absolute Gasteiger partial charge is 0.252 e. The Kier molecular flexibility index (Phi) is 3.90. The molecule has 0 radical (unpaired) electrons. The van der Waals surface area contributed by atoms with Crippen molar-refractivity contribution in [1.82, 2.24) is 5.32 Å². The van der Waals surface area contributed by atoms with Crippen LogP contribution in [0, 0.1) is 0 Å². The summed E-state index contributed by atoms with van der Waals surface area (Å²) in [6, 6.07) is 0. The SMILES string of the molecule is C=C(C)C(=O)NC(=O)CC(C)=O. The van der Waals surface area contributed by atoms with Gasteiger partial charge in [0, 0.05) is 5.57 Å². The molecule has 0 aromatic heterocycles. The maximum atomic E-state index is 10.8. The van der Waals surface area contributed by atoms with Crippen molar-refractivity contribution in [2.75, 3.05) is 0 Å². The number of Topliss-reactive ketones (excluding diaryl/α,β-unsaturated/α-hetero) is 1. The summed E-state index contributed by atoms with van der Waals surface area (Å²) in [4.78, 5) is 32.0. The Balaban J connectivity index is 3.94. The fourth-order valence-corrected chi connectivity index (χ4v) is 0.504. The highest BCUT2D eigenvalue weighted by atomic mass is 16.2. The fourth-order valence-electron chi connectivity index (χ4n) is 0.504. The molecule has 2 amide bonds. The van der Waals surface area contributed by atoms with Gasteiger partial charge in [-0.1, -0.05) is 6.58 Å². The lowest BCUT2D eigenvalue weighted by Gasteiger charge is -2.00. The number of amides is 2. The Morgan fingerprint density at radius 1 is 1.25 bits per heavy atom. The van der Waals surface area contributed by atoms with Gasteiger partial charge >= 0.3 is 0 Å². The molecule has 0 aromatic rings. The second-order valence-electron chi connectivity index (χ2n) is 2.54. The predicted octanol–water partition coefficient (Wildman–Crippen LogP) is 0.184. The number of ketones is 1.